The number of amides is 2. The zero-order chi connectivity index (χ0) is 31.9. The third-order valence-electron chi connectivity index (χ3n) is 7.38. The molecule has 2 heterocycles. The maximum Gasteiger partial charge on any atom is 0.427 e. The van der Waals surface area contributed by atoms with Gasteiger partial charge in [0.1, 0.15) is 34.3 Å². The van der Waals surface area contributed by atoms with Crippen LogP contribution in [0.3, 0.4) is 0 Å². The van der Waals surface area contributed by atoms with Crippen molar-refractivity contribution in [3.05, 3.63) is 102 Å². The van der Waals surface area contributed by atoms with Gasteiger partial charge < -0.3 is 19.8 Å². The highest BCUT2D eigenvalue weighted by molar-refractivity contribution is 6.12. The number of nitrogens with zero attached hydrogens (tertiary/aromatic N) is 2. The number of halogens is 5. The molecule has 2 N–H and O–H groups in total. The van der Waals surface area contributed by atoms with Gasteiger partial charge in [-0.3, -0.25) is 9.59 Å². The van der Waals surface area contributed by atoms with E-state index >= 15 is 4.39 Å². The number of nitrogens with one attached hydrogen (secondary N) is 2. The summed E-state index contributed by atoms with van der Waals surface area (Å²) in [6, 6.07) is 12.3. The first kappa shape index (κ1) is 29.7. The van der Waals surface area contributed by atoms with Gasteiger partial charge in [-0.1, -0.05) is 6.07 Å². The topological polar surface area (TPSA) is 106 Å². The maximum atomic E-state index is 15.1. The second-order valence-electron chi connectivity index (χ2n) is 10.4. The van der Waals surface area contributed by atoms with E-state index in [2.05, 4.69) is 20.6 Å². The Morgan fingerprint density at radius 1 is 0.978 bits per heavy atom. The first-order chi connectivity index (χ1) is 21.5. The first-order valence-electron chi connectivity index (χ1n) is 13.7. The zero-order valence-corrected chi connectivity index (χ0v) is 23.5. The second kappa shape index (κ2) is 11.3. The van der Waals surface area contributed by atoms with E-state index in [4.69, 9.17) is 9.15 Å². The summed E-state index contributed by atoms with van der Waals surface area (Å²) in [5.74, 6) is -3.05. The van der Waals surface area contributed by atoms with Crippen LogP contribution in [-0.2, 0) is 5.54 Å². The van der Waals surface area contributed by atoms with Gasteiger partial charge in [-0.25, -0.2) is 23.1 Å². The van der Waals surface area contributed by atoms with Crippen LogP contribution in [0.2, 0.25) is 0 Å². The molecule has 45 heavy (non-hydrogen) atoms. The highest BCUT2D eigenvalue weighted by atomic mass is 19.3. The van der Waals surface area contributed by atoms with Crippen molar-refractivity contribution < 1.29 is 40.7 Å². The molecule has 2 aromatic heterocycles. The van der Waals surface area contributed by atoms with Crippen LogP contribution in [0.25, 0.3) is 33.4 Å². The number of fused-ring (bicyclic) bond motifs is 1. The summed E-state index contributed by atoms with van der Waals surface area (Å²) in [5.41, 5.74) is -1.16. The molecule has 6 rings (SSSR count). The van der Waals surface area contributed by atoms with Crippen molar-refractivity contribution in [2.45, 2.75) is 24.5 Å². The van der Waals surface area contributed by atoms with E-state index in [1.165, 1.54) is 43.7 Å². The van der Waals surface area contributed by atoms with Crippen molar-refractivity contribution in [2.75, 3.05) is 13.7 Å². The molecule has 230 valence electrons. The Morgan fingerprint density at radius 3 is 2.31 bits per heavy atom. The van der Waals surface area contributed by atoms with Crippen LogP contribution in [0.15, 0.2) is 77.5 Å². The molecule has 13 heteroatoms. The molecule has 2 amide bonds. The third-order valence-corrected chi connectivity index (χ3v) is 7.38. The van der Waals surface area contributed by atoms with Crippen LogP contribution in [-0.4, -0.2) is 41.6 Å². The summed E-state index contributed by atoms with van der Waals surface area (Å²) in [7, 11) is 1.37. The SMILES string of the molecule is CNC(=O)c1c(-c2ccc(F)cc2)oc2cc(OC(F)(F)CF)c(-c3ccc(F)c(C(=O)NC4(c5ncccn5)CC4)c3)cc12. The highest BCUT2D eigenvalue weighted by Crippen LogP contribution is 2.45. The fourth-order valence-electron chi connectivity index (χ4n) is 5.00. The quantitative estimate of drug-likeness (QED) is 0.181. The molecule has 3 aromatic carbocycles. The molecule has 8 nitrogen and oxygen atoms in total. The van der Waals surface area contributed by atoms with E-state index in [9.17, 15) is 27.2 Å². The lowest BCUT2D eigenvalue weighted by atomic mass is 9.97. The Kier molecular flexibility index (Phi) is 7.47. The number of alkyl halides is 3. The van der Waals surface area contributed by atoms with Crippen LogP contribution in [0.1, 0.15) is 39.4 Å². The molecular formula is C32H23F5N4O4. The summed E-state index contributed by atoms with van der Waals surface area (Å²) in [6.07, 6.45) is -0.171. The lowest BCUT2D eigenvalue weighted by Gasteiger charge is -2.19. The fourth-order valence-corrected chi connectivity index (χ4v) is 5.00. The highest BCUT2D eigenvalue weighted by Gasteiger charge is 2.48. The molecule has 0 bridgehead atoms. The van der Waals surface area contributed by atoms with E-state index in [0.717, 1.165) is 30.3 Å². The Morgan fingerprint density at radius 2 is 1.67 bits per heavy atom. The van der Waals surface area contributed by atoms with Crippen molar-refractivity contribution >= 4 is 22.8 Å². The summed E-state index contributed by atoms with van der Waals surface area (Å²) in [4.78, 5) is 34.7. The molecule has 0 saturated heterocycles. The smallest absolute Gasteiger partial charge is 0.427 e. The number of carbonyl (C=O) groups excluding carboxylic acids is 2. The summed E-state index contributed by atoms with van der Waals surface area (Å²) < 4.78 is 81.1. The van der Waals surface area contributed by atoms with E-state index in [-0.39, 0.29) is 33.4 Å². The minimum absolute atomic E-state index is 0.00161. The fraction of sp³-hybridized carbons (Fsp3) is 0.188. The van der Waals surface area contributed by atoms with Crippen molar-refractivity contribution in [3.8, 4) is 28.2 Å². The lowest BCUT2D eigenvalue weighted by Crippen LogP contribution is -2.36. The largest absolute Gasteiger partial charge is 0.455 e. The number of furan rings is 1. The predicted molar refractivity (Wildman–Crippen MR) is 152 cm³/mol. The van der Waals surface area contributed by atoms with E-state index in [1.54, 1.807) is 6.07 Å². The first-order valence-corrected chi connectivity index (χ1v) is 13.7. The third kappa shape index (κ3) is 5.68. The summed E-state index contributed by atoms with van der Waals surface area (Å²) in [6.45, 7) is -2.16. The maximum absolute atomic E-state index is 15.1. The standard InChI is InChI=1S/C32H23F5N4O4/c1-38-29(43)26-22-14-20(25(45-32(36,37)16-33)15-24(22)44-27(26)17-3-6-19(34)7-4-17)18-5-8-23(35)21(13-18)28(42)41-31(9-10-31)30-39-11-2-12-40-30/h2-8,11-15H,9-10,16H2,1H3,(H,38,43)(H,41,42). The van der Waals surface area contributed by atoms with E-state index < -0.39 is 53.1 Å². The van der Waals surface area contributed by atoms with Gasteiger partial charge in [-0.2, -0.15) is 8.78 Å². The van der Waals surface area contributed by atoms with Gasteiger partial charge in [0, 0.05) is 42.0 Å². The monoisotopic (exact) mass is 622 g/mol. The van der Waals surface area contributed by atoms with Gasteiger partial charge in [0.15, 0.2) is 12.5 Å². The molecule has 0 radical (unpaired) electrons. The molecule has 0 aliphatic heterocycles. The van der Waals surface area contributed by atoms with Gasteiger partial charge in [0.05, 0.1) is 11.1 Å². The average molecular weight is 623 g/mol. The Balaban J connectivity index is 1.49. The molecule has 0 atom stereocenters. The number of rotatable bonds is 9. The lowest BCUT2D eigenvalue weighted by molar-refractivity contribution is -0.186. The second-order valence-corrected chi connectivity index (χ2v) is 10.4. The Bertz CT molecular complexity index is 1930. The number of hydrogen-bond donors (Lipinski definition) is 2. The van der Waals surface area contributed by atoms with Crippen molar-refractivity contribution in [3.63, 3.8) is 0 Å². The van der Waals surface area contributed by atoms with E-state index in [0.29, 0.717) is 24.2 Å². The summed E-state index contributed by atoms with van der Waals surface area (Å²) in [5, 5.41) is 5.39. The van der Waals surface area contributed by atoms with Gasteiger partial charge in [0.2, 0.25) is 0 Å². The Hall–Kier alpha value is -5.33. The van der Waals surface area contributed by atoms with Gasteiger partial charge in [-0.15, -0.1) is 0 Å². The molecule has 1 aliphatic carbocycles. The van der Waals surface area contributed by atoms with Crippen molar-refractivity contribution in [1.29, 1.82) is 0 Å². The van der Waals surface area contributed by atoms with Crippen molar-refractivity contribution in [2.24, 2.45) is 0 Å². The minimum Gasteiger partial charge on any atom is -0.455 e. The molecule has 0 unspecified atom stereocenters. The van der Waals surface area contributed by atoms with Crippen LogP contribution < -0.4 is 15.4 Å². The number of carbonyl (C=O) groups is 2. The Labute approximate surface area is 252 Å². The van der Waals surface area contributed by atoms with Gasteiger partial charge >= 0.3 is 6.11 Å². The van der Waals surface area contributed by atoms with Crippen LogP contribution >= 0.6 is 0 Å². The minimum atomic E-state index is -4.26. The van der Waals surface area contributed by atoms with Gasteiger partial charge in [-0.05, 0) is 66.9 Å². The number of hydrogen-bond acceptors (Lipinski definition) is 6. The van der Waals surface area contributed by atoms with E-state index in [1.807, 2.05) is 0 Å². The van der Waals surface area contributed by atoms with Crippen LogP contribution in [0.4, 0.5) is 22.0 Å². The van der Waals surface area contributed by atoms with Crippen LogP contribution in [0, 0.1) is 11.6 Å². The van der Waals surface area contributed by atoms with Crippen LogP contribution in [0.5, 0.6) is 5.75 Å². The average Bonchev–Trinajstić information content (AvgIpc) is 3.73. The summed E-state index contributed by atoms with van der Waals surface area (Å²) >= 11 is 0. The molecule has 1 fully saturated rings. The molecule has 1 aliphatic rings. The normalized spacial score (nSPS) is 13.8. The molecule has 1 saturated carbocycles. The number of ether oxygens (including phenoxy) is 1. The number of benzene rings is 3. The zero-order valence-electron chi connectivity index (χ0n) is 23.5. The molecule has 0 spiro atoms. The number of aromatic nitrogens is 2. The predicted octanol–water partition coefficient (Wildman–Crippen LogP) is 6.55. The van der Waals surface area contributed by atoms with Crippen molar-refractivity contribution in [1.82, 2.24) is 20.6 Å². The van der Waals surface area contributed by atoms with Gasteiger partial charge in [0.25, 0.3) is 11.8 Å². The molecule has 5 aromatic rings. The molecular weight excluding hydrogens is 599 g/mol.